The molecular formula is C24H26ClN3O5. The fraction of sp³-hybridized carbons (Fsp3) is 0.500. The molecular weight excluding hydrogens is 446 g/mol. The summed E-state index contributed by atoms with van der Waals surface area (Å²) >= 11 is 6.45. The van der Waals surface area contributed by atoms with E-state index in [0.717, 1.165) is 32.1 Å². The molecule has 2 N–H and O–H groups in total. The number of Topliss-reactive ketones (excluding diaryl/α,β-unsaturated/α-hetero) is 1. The highest BCUT2D eigenvalue weighted by Gasteiger charge is 2.53. The number of nitrogens with zero attached hydrogens (tertiary/aromatic N) is 2. The molecule has 3 aliphatic rings. The van der Waals surface area contributed by atoms with Crippen molar-refractivity contribution in [3.05, 3.63) is 41.9 Å². The van der Waals surface area contributed by atoms with Crippen molar-refractivity contribution in [3.8, 4) is 11.3 Å². The van der Waals surface area contributed by atoms with Crippen molar-refractivity contribution < 1.29 is 23.5 Å². The predicted octanol–water partition coefficient (Wildman–Crippen LogP) is 2.89. The van der Waals surface area contributed by atoms with Crippen molar-refractivity contribution in [3.63, 3.8) is 0 Å². The van der Waals surface area contributed by atoms with Crippen molar-refractivity contribution in [2.75, 3.05) is 13.2 Å². The number of furan rings is 1. The first kappa shape index (κ1) is 22.1. The molecule has 0 radical (unpaired) electrons. The van der Waals surface area contributed by atoms with Crippen molar-refractivity contribution >= 4 is 29.2 Å². The molecule has 1 saturated carbocycles. The van der Waals surface area contributed by atoms with Gasteiger partial charge >= 0.3 is 0 Å². The van der Waals surface area contributed by atoms with Crippen molar-refractivity contribution in [1.82, 2.24) is 9.88 Å². The molecule has 3 fully saturated rings. The third kappa shape index (κ3) is 3.95. The number of amides is 2. The van der Waals surface area contributed by atoms with E-state index < -0.39 is 29.3 Å². The largest absolute Gasteiger partial charge is 0.451 e. The fourth-order valence-corrected chi connectivity index (χ4v) is 5.90. The van der Waals surface area contributed by atoms with Crippen molar-refractivity contribution in [2.45, 2.75) is 55.5 Å². The van der Waals surface area contributed by atoms with Crippen molar-refractivity contribution in [2.24, 2.45) is 11.7 Å². The van der Waals surface area contributed by atoms with Gasteiger partial charge in [0, 0.05) is 30.1 Å². The number of carbonyl (C=O) groups excluding carboxylic acids is 3. The van der Waals surface area contributed by atoms with Crippen LogP contribution in [-0.2, 0) is 14.3 Å². The van der Waals surface area contributed by atoms with Crippen LogP contribution in [0.25, 0.3) is 11.3 Å². The molecule has 2 amide bonds. The number of hydrogen-bond donors (Lipinski definition) is 1. The zero-order valence-corrected chi connectivity index (χ0v) is 18.9. The van der Waals surface area contributed by atoms with E-state index in [0.29, 0.717) is 16.9 Å². The Morgan fingerprint density at radius 2 is 2.03 bits per heavy atom. The Morgan fingerprint density at radius 1 is 1.24 bits per heavy atom. The molecule has 5 rings (SSSR count). The van der Waals surface area contributed by atoms with Gasteiger partial charge in [-0.25, -0.2) is 0 Å². The van der Waals surface area contributed by atoms with E-state index in [4.69, 9.17) is 26.5 Å². The lowest BCUT2D eigenvalue weighted by molar-refractivity contribution is -0.139. The lowest BCUT2D eigenvalue weighted by Crippen LogP contribution is -2.46. The SMILES string of the molecule is NC(=O)c1oc(-c2cccnc2)cc1[C@@H](C(=O)N1C[C@H](Cl)[C@H]2OCC(=O)[C@H]21)C1CCCCC1. The number of primary amides is 1. The number of hydrogen-bond acceptors (Lipinski definition) is 6. The summed E-state index contributed by atoms with van der Waals surface area (Å²) in [5.41, 5.74) is 6.84. The summed E-state index contributed by atoms with van der Waals surface area (Å²) in [4.78, 5) is 44.6. The minimum absolute atomic E-state index is 0.00828. The third-order valence-electron chi connectivity index (χ3n) is 7.06. The molecule has 9 heteroatoms. The summed E-state index contributed by atoms with van der Waals surface area (Å²) in [6, 6.07) is 4.62. The maximum Gasteiger partial charge on any atom is 0.284 e. The number of likely N-dealkylation sites (tertiary alicyclic amines) is 1. The Morgan fingerprint density at radius 3 is 2.73 bits per heavy atom. The van der Waals surface area contributed by atoms with E-state index in [9.17, 15) is 14.4 Å². The van der Waals surface area contributed by atoms with Gasteiger partial charge in [-0.3, -0.25) is 19.4 Å². The van der Waals surface area contributed by atoms with E-state index in [-0.39, 0.29) is 36.5 Å². The molecule has 0 aromatic carbocycles. The summed E-state index contributed by atoms with van der Waals surface area (Å²) in [6.07, 6.45) is 7.57. The molecule has 33 heavy (non-hydrogen) atoms. The van der Waals surface area contributed by atoms with Gasteiger partial charge in [-0.2, -0.15) is 0 Å². The van der Waals surface area contributed by atoms with Gasteiger partial charge in [-0.1, -0.05) is 19.3 Å². The molecule has 2 saturated heterocycles. The van der Waals surface area contributed by atoms with Gasteiger partial charge in [0.05, 0.1) is 11.3 Å². The van der Waals surface area contributed by atoms with Gasteiger partial charge in [0.2, 0.25) is 5.91 Å². The minimum Gasteiger partial charge on any atom is -0.451 e. The summed E-state index contributed by atoms with van der Waals surface area (Å²) in [5.74, 6) is -1.34. The van der Waals surface area contributed by atoms with Gasteiger partial charge in [0.1, 0.15) is 24.5 Å². The summed E-state index contributed by atoms with van der Waals surface area (Å²) in [6.45, 7) is 0.184. The molecule has 8 nitrogen and oxygen atoms in total. The van der Waals surface area contributed by atoms with Crippen LogP contribution >= 0.6 is 11.6 Å². The first-order valence-electron chi connectivity index (χ1n) is 11.4. The Bertz CT molecular complexity index is 1070. The number of halogens is 1. The summed E-state index contributed by atoms with van der Waals surface area (Å²) in [5, 5.41) is -0.455. The Kier molecular flexibility index (Phi) is 5.97. The predicted molar refractivity (Wildman–Crippen MR) is 120 cm³/mol. The second-order valence-corrected chi connectivity index (χ2v) is 9.63. The average Bonchev–Trinajstić information content (AvgIpc) is 3.52. The number of aromatic nitrogens is 1. The van der Waals surface area contributed by atoms with Crippen LogP contribution in [0.4, 0.5) is 0 Å². The molecule has 0 unspecified atom stereocenters. The highest BCUT2D eigenvalue weighted by atomic mass is 35.5. The highest BCUT2D eigenvalue weighted by molar-refractivity contribution is 6.22. The average molecular weight is 472 g/mol. The molecule has 174 valence electrons. The zero-order chi connectivity index (χ0) is 23.1. The first-order chi connectivity index (χ1) is 16.0. The Labute approximate surface area is 196 Å². The van der Waals surface area contributed by atoms with Crippen LogP contribution < -0.4 is 5.73 Å². The van der Waals surface area contributed by atoms with E-state index in [1.165, 1.54) is 0 Å². The number of rotatable bonds is 5. The van der Waals surface area contributed by atoms with Crippen LogP contribution in [0, 0.1) is 5.92 Å². The number of pyridine rings is 1. The number of alkyl halides is 1. The quantitative estimate of drug-likeness (QED) is 0.670. The van der Waals surface area contributed by atoms with Gasteiger partial charge in [-0.05, 0) is 37.0 Å². The van der Waals surface area contributed by atoms with Crippen LogP contribution in [0.5, 0.6) is 0 Å². The van der Waals surface area contributed by atoms with E-state index in [1.807, 2.05) is 6.07 Å². The topological polar surface area (TPSA) is 116 Å². The molecule has 0 bridgehead atoms. The smallest absolute Gasteiger partial charge is 0.284 e. The van der Waals surface area contributed by atoms with Gasteiger partial charge in [0.15, 0.2) is 11.5 Å². The molecule has 4 heterocycles. The summed E-state index contributed by atoms with van der Waals surface area (Å²) < 4.78 is 11.4. The monoisotopic (exact) mass is 471 g/mol. The fourth-order valence-electron chi connectivity index (χ4n) is 5.54. The van der Waals surface area contributed by atoms with Crippen LogP contribution in [0.15, 0.2) is 35.0 Å². The second-order valence-electron chi connectivity index (χ2n) is 9.07. The molecule has 2 aromatic rings. The second kappa shape index (κ2) is 8.91. The lowest BCUT2D eigenvalue weighted by Gasteiger charge is -2.33. The molecule has 1 aliphatic carbocycles. The highest BCUT2D eigenvalue weighted by Crippen LogP contribution is 2.43. The van der Waals surface area contributed by atoms with Gasteiger partial charge in [-0.15, -0.1) is 11.6 Å². The molecule has 2 aromatic heterocycles. The number of carbonyl (C=O) groups is 3. The zero-order valence-electron chi connectivity index (χ0n) is 18.1. The molecule has 4 atom stereocenters. The van der Waals surface area contributed by atoms with Gasteiger partial charge < -0.3 is 19.8 Å². The normalized spacial score (nSPS) is 26.4. The standard InChI is InChI=1S/C24H26ClN3O5/c25-16-11-28(20-17(29)12-32-22(16)20)24(31)19(13-5-2-1-3-6-13)15-9-18(33-21(15)23(26)30)14-7-4-8-27-10-14/h4,7-10,13,16,19-20,22H,1-3,5-6,11-12H2,(H2,26,30)/t16-,19-,20+,22+/m0/s1. The third-order valence-corrected chi connectivity index (χ3v) is 7.44. The Balaban J connectivity index is 1.57. The van der Waals surface area contributed by atoms with E-state index >= 15 is 0 Å². The lowest BCUT2D eigenvalue weighted by atomic mass is 9.75. The number of nitrogens with two attached hydrogens (primary N) is 1. The summed E-state index contributed by atoms with van der Waals surface area (Å²) in [7, 11) is 0. The van der Waals surface area contributed by atoms with Crippen LogP contribution in [-0.4, -0.2) is 58.2 Å². The minimum atomic E-state index is -0.733. The van der Waals surface area contributed by atoms with Crippen LogP contribution in [0.2, 0.25) is 0 Å². The molecule has 0 spiro atoms. The first-order valence-corrected chi connectivity index (χ1v) is 11.8. The van der Waals surface area contributed by atoms with Crippen LogP contribution in [0.3, 0.4) is 0 Å². The Hall–Kier alpha value is -2.71. The number of ether oxygens (including phenoxy) is 1. The maximum atomic E-state index is 14.1. The number of fused-ring (bicyclic) bond motifs is 1. The van der Waals surface area contributed by atoms with E-state index in [2.05, 4.69) is 4.98 Å². The van der Waals surface area contributed by atoms with Crippen LogP contribution in [0.1, 0.15) is 54.1 Å². The van der Waals surface area contributed by atoms with Gasteiger partial charge in [0.25, 0.3) is 5.91 Å². The number of ketones is 1. The van der Waals surface area contributed by atoms with E-state index in [1.54, 1.807) is 29.4 Å². The maximum absolute atomic E-state index is 14.1. The van der Waals surface area contributed by atoms with Crippen molar-refractivity contribution in [1.29, 1.82) is 0 Å². The molecule has 2 aliphatic heterocycles.